The van der Waals surface area contributed by atoms with Crippen LogP contribution in [0.15, 0.2) is 30.5 Å². The predicted octanol–water partition coefficient (Wildman–Crippen LogP) is 3.53. The van der Waals surface area contributed by atoms with Gasteiger partial charge in [0.15, 0.2) is 11.5 Å². The summed E-state index contributed by atoms with van der Waals surface area (Å²) in [6.45, 7) is 5.79. The van der Waals surface area contributed by atoms with Crippen molar-refractivity contribution in [2.75, 3.05) is 23.3 Å². The molecule has 2 N–H and O–H groups in total. The summed E-state index contributed by atoms with van der Waals surface area (Å²) in [5.41, 5.74) is 2.13. The summed E-state index contributed by atoms with van der Waals surface area (Å²) in [5, 5.41) is 16.8. The number of hydrogen-bond donors (Lipinski definition) is 2. The molecule has 1 aromatic carbocycles. The third-order valence-corrected chi connectivity index (χ3v) is 5.66. The lowest BCUT2D eigenvalue weighted by molar-refractivity contribution is 0.0303. The van der Waals surface area contributed by atoms with Crippen molar-refractivity contribution >= 4 is 28.6 Å². The van der Waals surface area contributed by atoms with Gasteiger partial charge in [0, 0.05) is 30.4 Å². The van der Waals surface area contributed by atoms with E-state index in [1.165, 1.54) is 0 Å². The van der Waals surface area contributed by atoms with Gasteiger partial charge >= 0.3 is 6.09 Å². The normalized spacial score (nSPS) is 20.8. The molecule has 0 aliphatic carbocycles. The molecular formula is C21H24N6O3. The molecule has 0 saturated carbocycles. The van der Waals surface area contributed by atoms with Crippen molar-refractivity contribution in [3.8, 4) is 11.4 Å². The number of benzene rings is 1. The number of hydrogen-bond acceptors (Lipinski definition) is 6. The number of rotatable bonds is 4. The second kappa shape index (κ2) is 7.24. The van der Waals surface area contributed by atoms with Gasteiger partial charge in [0.1, 0.15) is 5.82 Å². The summed E-state index contributed by atoms with van der Waals surface area (Å²) in [5.74, 6) is 1.48. The van der Waals surface area contributed by atoms with Crippen LogP contribution in [0.25, 0.3) is 22.4 Å². The Hall–Kier alpha value is -3.20. The van der Waals surface area contributed by atoms with E-state index < -0.39 is 6.09 Å². The maximum absolute atomic E-state index is 10.9. The Morgan fingerprint density at radius 1 is 1.17 bits per heavy atom. The maximum atomic E-state index is 10.9. The molecule has 2 saturated heterocycles. The van der Waals surface area contributed by atoms with Gasteiger partial charge in [0.2, 0.25) is 0 Å². The van der Waals surface area contributed by atoms with Crippen LogP contribution >= 0.6 is 0 Å². The lowest BCUT2D eigenvalue weighted by Gasteiger charge is -2.33. The standard InChI is InChI=1S/C21H24N6O3/c1-12(2)27-20-17(9-22-27)19(26-10-15-7-8-16(11-26)30-15)24-18(25-20)13-3-5-14(6-4-13)23-21(28)29/h3-6,9,12,15-16,23H,7-8,10-11H2,1-2H3,(H,28,29). The summed E-state index contributed by atoms with van der Waals surface area (Å²) in [7, 11) is 0. The quantitative estimate of drug-likeness (QED) is 0.680. The SMILES string of the molecule is CC(C)n1ncc2c(N3CC4CCC(C3)O4)nc(-c3ccc(NC(=O)O)cc3)nc21. The van der Waals surface area contributed by atoms with Crippen molar-refractivity contribution < 1.29 is 14.6 Å². The first-order chi connectivity index (χ1) is 14.5. The Labute approximate surface area is 173 Å². The van der Waals surface area contributed by atoms with E-state index in [1.54, 1.807) is 12.1 Å². The van der Waals surface area contributed by atoms with Crippen LogP contribution in [0.5, 0.6) is 0 Å². The number of morpholine rings is 1. The highest BCUT2D eigenvalue weighted by Gasteiger charge is 2.35. The van der Waals surface area contributed by atoms with Crippen LogP contribution in [-0.2, 0) is 4.74 Å². The molecule has 3 aromatic rings. The van der Waals surface area contributed by atoms with Gasteiger partial charge in [0.25, 0.3) is 0 Å². The predicted molar refractivity (Wildman–Crippen MR) is 113 cm³/mol. The topological polar surface area (TPSA) is 105 Å². The number of fused-ring (bicyclic) bond motifs is 3. The summed E-state index contributed by atoms with van der Waals surface area (Å²) < 4.78 is 7.92. The average Bonchev–Trinajstić information content (AvgIpc) is 3.30. The average molecular weight is 408 g/mol. The molecule has 2 unspecified atom stereocenters. The van der Waals surface area contributed by atoms with Gasteiger partial charge in [-0.05, 0) is 51.0 Å². The van der Waals surface area contributed by atoms with Crippen LogP contribution in [-0.4, -0.2) is 56.2 Å². The van der Waals surface area contributed by atoms with Gasteiger partial charge in [-0.2, -0.15) is 5.10 Å². The van der Waals surface area contributed by atoms with Crippen LogP contribution in [0.2, 0.25) is 0 Å². The zero-order chi connectivity index (χ0) is 20.8. The van der Waals surface area contributed by atoms with Crippen LogP contribution in [0, 0.1) is 0 Å². The van der Waals surface area contributed by atoms with Crippen LogP contribution in [0.1, 0.15) is 32.7 Å². The number of anilines is 2. The van der Waals surface area contributed by atoms with Crippen LogP contribution < -0.4 is 10.2 Å². The number of amides is 1. The molecule has 4 heterocycles. The highest BCUT2D eigenvalue weighted by Crippen LogP contribution is 2.34. The fraction of sp³-hybridized carbons (Fsp3) is 0.429. The Morgan fingerprint density at radius 2 is 1.87 bits per heavy atom. The van der Waals surface area contributed by atoms with Crippen molar-refractivity contribution in [3.63, 3.8) is 0 Å². The van der Waals surface area contributed by atoms with E-state index in [2.05, 4.69) is 29.2 Å². The molecule has 2 aliphatic heterocycles. The van der Waals surface area contributed by atoms with E-state index in [9.17, 15) is 4.79 Å². The molecule has 9 nitrogen and oxygen atoms in total. The van der Waals surface area contributed by atoms with Gasteiger partial charge < -0.3 is 14.7 Å². The first kappa shape index (κ1) is 18.8. The van der Waals surface area contributed by atoms with E-state index in [1.807, 2.05) is 23.0 Å². The second-order valence-electron chi connectivity index (χ2n) is 8.16. The highest BCUT2D eigenvalue weighted by molar-refractivity contribution is 5.89. The van der Waals surface area contributed by atoms with Gasteiger partial charge in [0.05, 0.1) is 23.8 Å². The molecule has 1 amide bonds. The van der Waals surface area contributed by atoms with E-state index in [0.29, 0.717) is 11.5 Å². The molecular weight excluding hydrogens is 384 g/mol. The minimum Gasteiger partial charge on any atom is -0.465 e. The summed E-state index contributed by atoms with van der Waals surface area (Å²) in [6, 6.07) is 7.25. The smallest absolute Gasteiger partial charge is 0.409 e. The zero-order valence-corrected chi connectivity index (χ0v) is 16.9. The molecule has 2 bridgehead atoms. The van der Waals surface area contributed by atoms with Gasteiger partial charge in [-0.1, -0.05) is 0 Å². The molecule has 30 heavy (non-hydrogen) atoms. The Balaban J connectivity index is 1.60. The first-order valence-corrected chi connectivity index (χ1v) is 10.2. The lowest BCUT2D eigenvalue weighted by atomic mass is 10.2. The monoisotopic (exact) mass is 408 g/mol. The third kappa shape index (κ3) is 3.35. The number of carbonyl (C=O) groups is 1. The highest BCUT2D eigenvalue weighted by atomic mass is 16.5. The molecule has 2 aliphatic rings. The third-order valence-electron chi connectivity index (χ3n) is 5.66. The van der Waals surface area contributed by atoms with Crippen molar-refractivity contribution in [1.82, 2.24) is 19.7 Å². The Bertz CT molecular complexity index is 1080. The summed E-state index contributed by atoms with van der Waals surface area (Å²) in [4.78, 5) is 22.9. The maximum Gasteiger partial charge on any atom is 0.409 e. The second-order valence-corrected chi connectivity index (χ2v) is 8.16. The van der Waals surface area contributed by atoms with Crippen LogP contribution in [0.3, 0.4) is 0 Å². The minimum atomic E-state index is -1.09. The van der Waals surface area contributed by atoms with Crippen molar-refractivity contribution in [2.45, 2.75) is 44.9 Å². The molecule has 5 rings (SSSR count). The summed E-state index contributed by atoms with van der Waals surface area (Å²) >= 11 is 0. The Morgan fingerprint density at radius 3 is 2.50 bits per heavy atom. The van der Waals surface area contributed by atoms with Crippen LogP contribution in [0.4, 0.5) is 16.3 Å². The minimum absolute atomic E-state index is 0.168. The number of carboxylic acid groups (broad SMARTS) is 1. The van der Waals surface area contributed by atoms with Crippen molar-refractivity contribution in [1.29, 1.82) is 0 Å². The molecule has 2 aromatic heterocycles. The van der Waals surface area contributed by atoms with Gasteiger partial charge in [-0.3, -0.25) is 5.32 Å². The lowest BCUT2D eigenvalue weighted by Crippen LogP contribution is -2.43. The Kier molecular flexibility index (Phi) is 4.54. The molecule has 0 radical (unpaired) electrons. The molecule has 2 fully saturated rings. The van der Waals surface area contributed by atoms with E-state index >= 15 is 0 Å². The number of aromatic nitrogens is 4. The van der Waals surface area contributed by atoms with Gasteiger partial charge in [-0.25, -0.2) is 19.4 Å². The van der Waals surface area contributed by atoms with Crippen molar-refractivity contribution in [3.05, 3.63) is 30.5 Å². The molecule has 2 atom stereocenters. The van der Waals surface area contributed by atoms with E-state index in [-0.39, 0.29) is 18.2 Å². The number of nitrogens with zero attached hydrogens (tertiary/aromatic N) is 5. The number of nitrogens with one attached hydrogen (secondary N) is 1. The molecule has 0 spiro atoms. The number of ether oxygens (including phenoxy) is 1. The molecule has 156 valence electrons. The van der Waals surface area contributed by atoms with Gasteiger partial charge in [-0.15, -0.1) is 0 Å². The van der Waals surface area contributed by atoms with E-state index in [0.717, 1.165) is 48.3 Å². The van der Waals surface area contributed by atoms with Crippen molar-refractivity contribution in [2.24, 2.45) is 0 Å². The largest absolute Gasteiger partial charge is 0.465 e. The fourth-order valence-corrected chi connectivity index (χ4v) is 4.27. The summed E-state index contributed by atoms with van der Waals surface area (Å²) in [6.07, 6.45) is 3.44. The first-order valence-electron chi connectivity index (χ1n) is 10.2. The molecule has 9 heteroatoms. The zero-order valence-electron chi connectivity index (χ0n) is 16.9. The fourth-order valence-electron chi connectivity index (χ4n) is 4.27. The van der Waals surface area contributed by atoms with E-state index in [4.69, 9.17) is 19.8 Å².